The maximum Gasteiger partial charge on any atom is 0.253 e. The number of benzene rings is 2. The molecule has 0 unspecified atom stereocenters. The molecule has 2 amide bonds. The Bertz CT molecular complexity index is 1010. The van der Waals surface area contributed by atoms with Crippen molar-refractivity contribution in [3.8, 4) is 5.75 Å². The van der Waals surface area contributed by atoms with Gasteiger partial charge in [0.2, 0.25) is 5.91 Å². The molecule has 0 bridgehead atoms. The van der Waals surface area contributed by atoms with Gasteiger partial charge in [-0.3, -0.25) is 9.59 Å². The second-order valence-electron chi connectivity index (χ2n) is 7.47. The second kappa shape index (κ2) is 9.30. The van der Waals surface area contributed by atoms with Crippen molar-refractivity contribution in [2.75, 3.05) is 39.5 Å². The first kappa shape index (κ1) is 21.8. The van der Waals surface area contributed by atoms with Crippen molar-refractivity contribution in [1.82, 2.24) is 9.80 Å². The lowest BCUT2D eigenvalue weighted by Crippen LogP contribution is -2.51. The van der Waals surface area contributed by atoms with E-state index in [0.29, 0.717) is 43.7 Å². The van der Waals surface area contributed by atoms with Crippen LogP contribution in [0.4, 0.5) is 0 Å². The highest BCUT2D eigenvalue weighted by atomic mass is 32.2. The number of carbonyl (C=O) groups excluding carboxylic acids is 2. The van der Waals surface area contributed by atoms with E-state index in [-0.39, 0.29) is 17.6 Å². The van der Waals surface area contributed by atoms with Gasteiger partial charge in [-0.25, -0.2) is 8.42 Å². The lowest BCUT2D eigenvalue weighted by Gasteiger charge is -2.35. The monoisotopic (exact) mass is 430 g/mol. The summed E-state index contributed by atoms with van der Waals surface area (Å²) >= 11 is 0. The van der Waals surface area contributed by atoms with E-state index in [1.807, 2.05) is 24.3 Å². The average molecular weight is 431 g/mol. The van der Waals surface area contributed by atoms with Crippen LogP contribution in [0.25, 0.3) is 0 Å². The molecule has 0 saturated carbocycles. The van der Waals surface area contributed by atoms with Crippen molar-refractivity contribution in [3.63, 3.8) is 0 Å². The molecule has 2 aromatic rings. The summed E-state index contributed by atoms with van der Waals surface area (Å²) < 4.78 is 28.0. The standard InChI is InChI=1S/C22H26N2O5S/c1-29-20-5-3-4-18(14-20)15-21(25)23-10-12-24(13-11-23)22(26)19-8-6-17(7-9-19)16-30(2,27)28/h3-9,14H,10-13,15-16H2,1-2H3. The summed E-state index contributed by atoms with van der Waals surface area (Å²) in [4.78, 5) is 28.8. The largest absolute Gasteiger partial charge is 0.497 e. The van der Waals surface area contributed by atoms with Gasteiger partial charge in [-0.2, -0.15) is 0 Å². The highest BCUT2D eigenvalue weighted by molar-refractivity contribution is 7.89. The van der Waals surface area contributed by atoms with Gasteiger partial charge in [0, 0.05) is 38.0 Å². The van der Waals surface area contributed by atoms with Crippen molar-refractivity contribution >= 4 is 21.7 Å². The van der Waals surface area contributed by atoms with Gasteiger partial charge in [0.1, 0.15) is 5.75 Å². The normalized spacial score (nSPS) is 14.5. The average Bonchev–Trinajstić information content (AvgIpc) is 2.73. The third-order valence-electron chi connectivity index (χ3n) is 5.04. The number of ether oxygens (including phenoxy) is 1. The summed E-state index contributed by atoms with van der Waals surface area (Å²) in [5.41, 5.74) is 2.07. The van der Waals surface area contributed by atoms with Crippen LogP contribution in [0.5, 0.6) is 5.75 Å². The van der Waals surface area contributed by atoms with Gasteiger partial charge < -0.3 is 14.5 Å². The smallest absolute Gasteiger partial charge is 0.253 e. The Morgan fingerprint density at radius 2 is 1.57 bits per heavy atom. The quantitative estimate of drug-likeness (QED) is 0.697. The summed E-state index contributed by atoms with van der Waals surface area (Å²) in [6.07, 6.45) is 1.48. The van der Waals surface area contributed by atoms with Gasteiger partial charge in [0.05, 0.1) is 19.3 Å². The molecule has 1 heterocycles. The summed E-state index contributed by atoms with van der Waals surface area (Å²) in [6.45, 7) is 1.91. The van der Waals surface area contributed by atoms with Gasteiger partial charge in [0.15, 0.2) is 9.84 Å². The molecule has 7 nitrogen and oxygen atoms in total. The molecule has 8 heteroatoms. The Balaban J connectivity index is 1.54. The van der Waals surface area contributed by atoms with E-state index in [1.54, 1.807) is 41.2 Å². The Morgan fingerprint density at radius 1 is 0.933 bits per heavy atom. The summed E-state index contributed by atoms with van der Waals surface area (Å²) in [5, 5.41) is 0. The lowest BCUT2D eigenvalue weighted by atomic mass is 10.1. The number of amides is 2. The fourth-order valence-electron chi connectivity index (χ4n) is 3.46. The molecule has 3 rings (SSSR count). The number of carbonyl (C=O) groups is 2. The maximum absolute atomic E-state index is 12.7. The van der Waals surface area contributed by atoms with Crippen LogP contribution in [0.1, 0.15) is 21.5 Å². The van der Waals surface area contributed by atoms with E-state index in [9.17, 15) is 18.0 Å². The minimum Gasteiger partial charge on any atom is -0.497 e. The number of sulfone groups is 1. The van der Waals surface area contributed by atoms with Crippen molar-refractivity contribution in [3.05, 3.63) is 65.2 Å². The van der Waals surface area contributed by atoms with E-state index < -0.39 is 9.84 Å². The van der Waals surface area contributed by atoms with Crippen LogP contribution in [0, 0.1) is 0 Å². The molecular formula is C22H26N2O5S. The molecule has 1 aliphatic heterocycles. The summed E-state index contributed by atoms with van der Waals surface area (Å²) in [7, 11) is -1.52. The first-order valence-electron chi connectivity index (χ1n) is 9.72. The number of nitrogens with zero attached hydrogens (tertiary/aromatic N) is 2. The number of hydrogen-bond acceptors (Lipinski definition) is 5. The predicted octanol–water partition coefficient (Wildman–Crippen LogP) is 1.77. The van der Waals surface area contributed by atoms with Gasteiger partial charge >= 0.3 is 0 Å². The van der Waals surface area contributed by atoms with E-state index >= 15 is 0 Å². The van der Waals surface area contributed by atoms with Crippen molar-refractivity contribution in [1.29, 1.82) is 0 Å². The zero-order valence-corrected chi connectivity index (χ0v) is 18.0. The molecule has 1 aliphatic rings. The van der Waals surface area contributed by atoms with Crippen LogP contribution >= 0.6 is 0 Å². The number of hydrogen-bond donors (Lipinski definition) is 0. The van der Waals surface area contributed by atoms with Crippen molar-refractivity contribution in [2.45, 2.75) is 12.2 Å². The van der Waals surface area contributed by atoms with Gasteiger partial charge in [-0.1, -0.05) is 24.3 Å². The lowest BCUT2D eigenvalue weighted by molar-refractivity contribution is -0.131. The molecule has 2 aromatic carbocycles. The third-order valence-corrected chi connectivity index (χ3v) is 5.90. The van der Waals surface area contributed by atoms with E-state index in [1.165, 1.54) is 6.26 Å². The summed E-state index contributed by atoms with van der Waals surface area (Å²) in [5.74, 6) is 0.592. The van der Waals surface area contributed by atoms with Crippen LogP contribution < -0.4 is 4.74 Å². The van der Waals surface area contributed by atoms with E-state index in [2.05, 4.69) is 0 Å². The van der Waals surface area contributed by atoms with Crippen LogP contribution in [0.15, 0.2) is 48.5 Å². The van der Waals surface area contributed by atoms with Crippen LogP contribution in [0.3, 0.4) is 0 Å². The molecular weight excluding hydrogens is 404 g/mol. The van der Waals surface area contributed by atoms with E-state index in [0.717, 1.165) is 11.3 Å². The zero-order chi connectivity index (χ0) is 21.7. The Kier molecular flexibility index (Phi) is 6.77. The highest BCUT2D eigenvalue weighted by Crippen LogP contribution is 2.16. The molecule has 1 fully saturated rings. The topological polar surface area (TPSA) is 84.0 Å². The summed E-state index contributed by atoms with van der Waals surface area (Å²) in [6, 6.07) is 14.1. The predicted molar refractivity (Wildman–Crippen MR) is 114 cm³/mol. The van der Waals surface area contributed by atoms with Gasteiger partial charge in [0.25, 0.3) is 5.91 Å². The first-order valence-corrected chi connectivity index (χ1v) is 11.8. The Morgan fingerprint density at radius 3 is 2.17 bits per heavy atom. The number of piperazine rings is 1. The minimum atomic E-state index is -3.11. The Hall–Kier alpha value is -2.87. The molecule has 0 N–H and O–H groups in total. The molecule has 0 radical (unpaired) electrons. The molecule has 160 valence electrons. The molecule has 0 spiro atoms. The van der Waals surface area contributed by atoms with Gasteiger partial charge in [-0.05, 0) is 35.4 Å². The van der Waals surface area contributed by atoms with Gasteiger partial charge in [-0.15, -0.1) is 0 Å². The third kappa shape index (κ3) is 5.82. The highest BCUT2D eigenvalue weighted by Gasteiger charge is 2.25. The zero-order valence-electron chi connectivity index (χ0n) is 17.2. The fourth-order valence-corrected chi connectivity index (χ4v) is 4.25. The first-order chi connectivity index (χ1) is 14.2. The Labute approximate surface area is 177 Å². The second-order valence-corrected chi connectivity index (χ2v) is 9.61. The van der Waals surface area contributed by atoms with Crippen LogP contribution in [0.2, 0.25) is 0 Å². The van der Waals surface area contributed by atoms with E-state index in [4.69, 9.17) is 4.74 Å². The van der Waals surface area contributed by atoms with Crippen molar-refractivity contribution < 1.29 is 22.7 Å². The number of methoxy groups -OCH3 is 1. The maximum atomic E-state index is 12.7. The van der Waals surface area contributed by atoms with Crippen LogP contribution in [-0.4, -0.2) is 69.6 Å². The van der Waals surface area contributed by atoms with Crippen molar-refractivity contribution in [2.24, 2.45) is 0 Å². The molecule has 0 aliphatic carbocycles. The molecule has 1 saturated heterocycles. The van der Waals surface area contributed by atoms with Crippen LogP contribution in [-0.2, 0) is 26.8 Å². The molecule has 30 heavy (non-hydrogen) atoms. The number of rotatable bonds is 6. The SMILES string of the molecule is COc1cccc(CC(=O)N2CCN(C(=O)c3ccc(CS(C)(=O)=O)cc3)CC2)c1. The fraction of sp³-hybridized carbons (Fsp3) is 0.364. The minimum absolute atomic E-state index is 0.0282. The molecule has 0 aromatic heterocycles. The molecule has 0 atom stereocenters.